The third-order valence-corrected chi connectivity index (χ3v) is 2.81. The maximum absolute atomic E-state index is 11.6. The van der Waals surface area contributed by atoms with E-state index in [1.807, 2.05) is 32.9 Å². The summed E-state index contributed by atoms with van der Waals surface area (Å²) in [4.78, 5) is 15.8. The number of hydrogen-bond donors (Lipinski definition) is 0. The standard InChI is InChI=1S/C14H17N3O2/c1-5-19-14(18)13-15-11(4)17(16-13)12-7-6-9(2)8-10(12)3/h6-8H,5H2,1-4H3. The lowest BCUT2D eigenvalue weighted by atomic mass is 10.1. The Balaban J connectivity index is 2.43. The van der Waals surface area contributed by atoms with E-state index in [9.17, 15) is 4.79 Å². The van der Waals surface area contributed by atoms with Crippen LogP contribution >= 0.6 is 0 Å². The summed E-state index contributed by atoms with van der Waals surface area (Å²) in [7, 11) is 0. The number of hydrogen-bond acceptors (Lipinski definition) is 4. The second-order valence-corrected chi connectivity index (χ2v) is 4.40. The molecule has 0 N–H and O–H groups in total. The summed E-state index contributed by atoms with van der Waals surface area (Å²) in [5.74, 6) is 0.267. The van der Waals surface area contributed by atoms with Crippen molar-refractivity contribution in [2.75, 3.05) is 6.61 Å². The molecule has 0 spiro atoms. The van der Waals surface area contributed by atoms with Crippen molar-refractivity contribution >= 4 is 5.97 Å². The van der Waals surface area contributed by atoms with Gasteiger partial charge in [-0.1, -0.05) is 17.7 Å². The molecule has 0 bridgehead atoms. The molecular weight excluding hydrogens is 242 g/mol. The molecule has 19 heavy (non-hydrogen) atoms. The molecule has 0 aliphatic rings. The predicted molar refractivity (Wildman–Crippen MR) is 71.5 cm³/mol. The Morgan fingerprint density at radius 1 is 1.32 bits per heavy atom. The lowest BCUT2D eigenvalue weighted by Gasteiger charge is -2.07. The molecule has 1 aromatic heterocycles. The zero-order valence-corrected chi connectivity index (χ0v) is 11.6. The van der Waals surface area contributed by atoms with Gasteiger partial charge in [-0.25, -0.2) is 14.5 Å². The molecular formula is C14H17N3O2. The van der Waals surface area contributed by atoms with Crippen molar-refractivity contribution in [3.8, 4) is 5.69 Å². The third-order valence-electron chi connectivity index (χ3n) is 2.81. The first kappa shape index (κ1) is 13.3. The number of rotatable bonds is 3. The van der Waals surface area contributed by atoms with Gasteiger partial charge in [0.1, 0.15) is 5.82 Å². The van der Waals surface area contributed by atoms with Crippen molar-refractivity contribution in [1.82, 2.24) is 14.8 Å². The highest BCUT2D eigenvalue weighted by Crippen LogP contribution is 2.16. The van der Waals surface area contributed by atoms with Crippen LogP contribution in [0.3, 0.4) is 0 Å². The summed E-state index contributed by atoms with van der Waals surface area (Å²) in [6, 6.07) is 6.05. The van der Waals surface area contributed by atoms with E-state index in [1.165, 1.54) is 5.56 Å². The number of carbonyl (C=O) groups is 1. The highest BCUT2D eigenvalue weighted by molar-refractivity contribution is 5.85. The number of aromatic nitrogens is 3. The SMILES string of the molecule is CCOC(=O)c1nc(C)n(-c2ccc(C)cc2C)n1. The fraction of sp³-hybridized carbons (Fsp3) is 0.357. The zero-order chi connectivity index (χ0) is 14.0. The summed E-state index contributed by atoms with van der Waals surface area (Å²) >= 11 is 0. The van der Waals surface area contributed by atoms with Gasteiger partial charge in [0.2, 0.25) is 0 Å². The Bertz CT molecular complexity index is 617. The summed E-state index contributed by atoms with van der Waals surface area (Å²) < 4.78 is 6.57. The molecule has 0 aliphatic heterocycles. The van der Waals surface area contributed by atoms with Crippen LogP contribution in [0.25, 0.3) is 5.69 Å². The van der Waals surface area contributed by atoms with Gasteiger partial charge < -0.3 is 4.74 Å². The van der Waals surface area contributed by atoms with Gasteiger partial charge in [-0.05, 0) is 39.3 Å². The van der Waals surface area contributed by atoms with Gasteiger partial charge in [0, 0.05) is 0 Å². The van der Waals surface area contributed by atoms with Crippen molar-refractivity contribution < 1.29 is 9.53 Å². The largest absolute Gasteiger partial charge is 0.460 e. The Labute approximate surface area is 112 Å². The molecule has 0 fully saturated rings. The molecule has 1 aromatic carbocycles. The van der Waals surface area contributed by atoms with Crippen LogP contribution in [0.2, 0.25) is 0 Å². The molecule has 5 nitrogen and oxygen atoms in total. The number of benzene rings is 1. The van der Waals surface area contributed by atoms with Gasteiger partial charge >= 0.3 is 5.97 Å². The number of nitrogens with zero attached hydrogens (tertiary/aromatic N) is 3. The molecule has 0 radical (unpaired) electrons. The predicted octanol–water partition coefficient (Wildman–Crippen LogP) is 2.37. The summed E-state index contributed by atoms with van der Waals surface area (Å²) in [6.07, 6.45) is 0. The smallest absolute Gasteiger partial charge is 0.378 e. The summed E-state index contributed by atoms with van der Waals surface area (Å²) in [5.41, 5.74) is 3.19. The molecule has 2 aromatic rings. The molecule has 0 atom stereocenters. The van der Waals surface area contributed by atoms with Crippen LogP contribution in [0.15, 0.2) is 18.2 Å². The fourth-order valence-electron chi connectivity index (χ4n) is 1.94. The molecule has 0 aliphatic carbocycles. The first-order valence-electron chi connectivity index (χ1n) is 6.21. The minimum atomic E-state index is -0.492. The fourth-order valence-corrected chi connectivity index (χ4v) is 1.94. The highest BCUT2D eigenvalue weighted by Gasteiger charge is 2.16. The van der Waals surface area contributed by atoms with Gasteiger partial charge in [0.15, 0.2) is 0 Å². The van der Waals surface area contributed by atoms with Crippen LogP contribution in [-0.2, 0) is 4.74 Å². The van der Waals surface area contributed by atoms with Crippen molar-refractivity contribution in [2.45, 2.75) is 27.7 Å². The van der Waals surface area contributed by atoms with E-state index < -0.39 is 5.97 Å². The van der Waals surface area contributed by atoms with Crippen LogP contribution < -0.4 is 0 Å². The quantitative estimate of drug-likeness (QED) is 0.794. The van der Waals surface area contributed by atoms with Gasteiger partial charge in [-0.15, -0.1) is 5.10 Å². The minimum absolute atomic E-state index is 0.0966. The number of esters is 1. The molecule has 0 amide bonds. The second-order valence-electron chi connectivity index (χ2n) is 4.40. The highest BCUT2D eigenvalue weighted by atomic mass is 16.5. The van der Waals surface area contributed by atoms with Gasteiger partial charge in [0.25, 0.3) is 5.82 Å². The Morgan fingerprint density at radius 3 is 2.68 bits per heavy atom. The molecule has 0 saturated carbocycles. The molecule has 1 heterocycles. The van der Waals surface area contributed by atoms with E-state index in [1.54, 1.807) is 11.6 Å². The van der Waals surface area contributed by atoms with E-state index in [2.05, 4.69) is 16.1 Å². The first-order valence-corrected chi connectivity index (χ1v) is 6.21. The van der Waals surface area contributed by atoms with E-state index >= 15 is 0 Å². The molecule has 2 rings (SSSR count). The van der Waals surface area contributed by atoms with E-state index in [-0.39, 0.29) is 5.82 Å². The molecule has 5 heteroatoms. The minimum Gasteiger partial charge on any atom is -0.460 e. The topological polar surface area (TPSA) is 57.0 Å². The summed E-state index contributed by atoms with van der Waals surface area (Å²) in [6.45, 7) is 7.93. The Morgan fingerprint density at radius 2 is 2.05 bits per heavy atom. The third kappa shape index (κ3) is 2.65. The summed E-state index contributed by atoms with van der Waals surface area (Å²) in [5, 5.41) is 4.22. The molecule has 100 valence electrons. The van der Waals surface area contributed by atoms with E-state index in [4.69, 9.17) is 4.74 Å². The average Bonchev–Trinajstić information content (AvgIpc) is 2.72. The van der Waals surface area contributed by atoms with Gasteiger partial charge in [-0.3, -0.25) is 0 Å². The molecule has 0 saturated heterocycles. The maximum Gasteiger partial charge on any atom is 0.378 e. The van der Waals surface area contributed by atoms with Crippen LogP contribution in [0, 0.1) is 20.8 Å². The maximum atomic E-state index is 11.6. The van der Waals surface area contributed by atoms with Crippen molar-refractivity contribution in [3.63, 3.8) is 0 Å². The normalized spacial score (nSPS) is 10.5. The molecule has 0 unspecified atom stereocenters. The monoisotopic (exact) mass is 259 g/mol. The van der Waals surface area contributed by atoms with E-state index in [0.29, 0.717) is 12.4 Å². The van der Waals surface area contributed by atoms with Crippen molar-refractivity contribution in [1.29, 1.82) is 0 Å². The van der Waals surface area contributed by atoms with Crippen LogP contribution in [0.4, 0.5) is 0 Å². The van der Waals surface area contributed by atoms with Crippen LogP contribution in [0.1, 0.15) is 34.5 Å². The van der Waals surface area contributed by atoms with Crippen molar-refractivity contribution in [3.05, 3.63) is 41.0 Å². The Kier molecular flexibility index (Phi) is 3.64. The van der Waals surface area contributed by atoms with Crippen molar-refractivity contribution in [2.24, 2.45) is 0 Å². The number of carbonyl (C=O) groups excluding carboxylic acids is 1. The van der Waals surface area contributed by atoms with Crippen LogP contribution in [-0.4, -0.2) is 27.3 Å². The van der Waals surface area contributed by atoms with Gasteiger partial charge in [0.05, 0.1) is 12.3 Å². The van der Waals surface area contributed by atoms with E-state index in [0.717, 1.165) is 11.3 Å². The number of ether oxygens (including phenoxy) is 1. The first-order chi connectivity index (χ1) is 9.02. The Hall–Kier alpha value is -2.17. The van der Waals surface area contributed by atoms with Crippen LogP contribution in [0.5, 0.6) is 0 Å². The lowest BCUT2D eigenvalue weighted by molar-refractivity contribution is 0.0512. The lowest BCUT2D eigenvalue weighted by Crippen LogP contribution is -2.08. The zero-order valence-electron chi connectivity index (χ0n) is 11.6. The second kappa shape index (κ2) is 5.22. The average molecular weight is 259 g/mol. The van der Waals surface area contributed by atoms with Gasteiger partial charge in [-0.2, -0.15) is 0 Å². The number of aryl methyl sites for hydroxylation is 3.